The number of amides is 2. The molecule has 24 heavy (non-hydrogen) atoms. The van der Waals surface area contributed by atoms with E-state index in [0.29, 0.717) is 19.1 Å². The molecule has 1 aliphatic carbocycles. The number of nitrogens with one attached hydrogen (secondary N) is 2. The van der Waals surface area contributed by atoms with Crippen LogP contribution in [0.1, 0.15) is 30.7 Å². The molecule has 2 N–H and O–H groups in total. The second kappa shape index (κ2) is 7.85. The van der Waals surface area contributed by atoms with E-state index in [4.69, 9.17) is 14.2 Å². The first-order chi connectivity index (χ1) is 11.7. The molecule has 1 aromatic rings. The van der Waals surface area contributed by atoms with E-state index in [-0.39, 0.29) is 24.2 Å². The van der Waals surface area contributed by atoms with Crippen molar-refractivity contribution < 1.29 is 19.0 Å². The van der Waals surface area contributed by atoms with Gasteiger partial charge < -0.3 is 24.8 Å². The third kappa shape index (κ3) is 3.99. The number of methoxy groups -OCH3 is 2. The lowest BCUT2D eigenvalue weighted by molar-refractivity contribution is -0.0336. The quantitative estimate of drug-likeness (QED) is 0.865. The lowest BCUT2D eigenvalue weighted by atomic mass is 9.76. The van der Waals surface area contributed by atoms with Gasteiger partial charge in [-0.3, -0.25) is 0 Å². The first-order valence-electron chi connectivity index (χ1n) is 8.51. The summed E-state index contributed by atoms with van der Waals surface area (Å²) in [5, 5.41) is 6.02. The fourth-order valence-corrected chi connectivity index (χ4v) is 3.43. The fourth-order valence-electron chi connectivity index (χ4n) is 3.43. The number of urea groups is 1. The molecule has 1 saturated carbocycles. The van der Waals surface area contributed by atoms with Crippen LogP contribution >= 0.6 is 0 Å². The molecule has 6 heteroatoms. The van der Waals surface area contributed by atoms with Crippen molar-refractivity contribution in [2.45, 2.75) is 43.4 Å². The van der Waals surface area contributed by atoms with Crippen LogP contribution in [0.2, 0.25) is 0 Å². The fraction of sp³-hybridized carbons (Fsp3) is 0.611. The summed E-state index contributed by atoms with van der Waals surface area (Å²) in [5.41, 5.74) is 1.27. The number of carbonyl (C=O) groups is 1. The molecule has 1 saturated heterocycles. The van der Waals surface area contributed by atoms with Crippen molar-refractivity contribution >= 4 is 6.03 Å². The lowest BCUT2D eigenvalue weighted by Gasteiger charge is -2.37. The monoisotopic (exact) mass is 334 g/mol. The Hall–Kier alpha value is -1.79. The summed E-state index contributed by atoms with van der Waals surface area (Å²) in [7, 11) is 3.35. The highest BCUT2D eigenvalue weighted by atomic mass is 16.5. The van der Waals surface area contributed by atoms with Crippen molar-refractivity contribution in [1.29, 1.82) is 0 Å². The van der Waals surface area contributed by atoms with E-state index in [0.717, 1.165) is 25.0 Å². The second-order valence-corrected chi connectivity index (χ2v) is 6.50. The molecular weight excluding hydrogens is 308 g/mol. The zero-order valence-electron chi connectivity index (χ0n) is 14.3. The van der Waals surface area contributed by atoms with Crippen LogP contribution < -0.4 is 15.4 Å². The Kier molecular flexibility index (Phi) is 5.58. The van der Waals surface area contributed by atoms with Crippen molar-refractivity contribution in [1.82, 2.24) is 10.6 Å². The Morgan fingerprint density at radius 3 is 2.83 bits per heavy atom. The molecule has 2 amide bonds. The molecule has 132 valence electrons. The summed E-state index contributed by atoms with van der Waals surface area (Å²) >= 11 is 0. The summed E-state index contributed by atoms with van der Waals surface area (Å²) < 4.78 is 16.1. The number of ether oxygens (including phenoxy) is 3. The smallest absolute Gasteiger partial charge is 0.315 e. The van der Waals surface area contributed by atoms with Crippen molar-refractivity contribution in [3.8, 4) is 5.75 Å². The van der Waals surface area contributed by atoms with Crippen LogP contribution in [0.3, 0.4) is 0 Å². The van der Waals surface area contributed by atoms with Crippen LogP contribution in [-0.2, 0) is 9.47 Å². The Labute approximate surface area is 142 Å². The average molecular weight is 334 g/mol. The summed E-state index contributed by atoms with van der Waals surface area (Å²) in [6.07, 6.45) is 2.74. The Balaban J connectivity index is 1.44. The highest BCUT2D eigenvalue weighted by Gasteiger charge is 2.33. The largest absolute Gasteiger partial charge is 0.497 e. The zero-order chi connectivity index (χ0) is 16.9. The van der Waals surface area contributed by atoms with Gasteiger partial charge in [-0.2, -0.15) is 0 Å². The number of hydrogen-bond acceptors (Lipinski definition) is 4. The molecule has 0 radical (unpaired) electrons. The maximum Gasteiger partial charge on any atom is 0.315 e. The SMILES string of the molecule is COc1cccc(C2CC(NC(=O)N[C@@H]3COCC[C@H]3OC)C2)c1. The van der Waals surface area contributed by atoms with E-state index < -0.39 is 0 Å². The number of rotatable bonds is 5. The van der Waals surface area contributed by atoms with Crippen molar-refractivity contribution in [3.05, 3.63) is 29.8 Å². The molecule has 3 rings (SSSR count). The summed E-state index contributed by atoms with van der Waals surface area (Å²) in [6.45, 7) is 1.19. The maximum absolute atomic E-state index is 12.2. The third-order valence-electron chi connectivity index (χ3n) is 4.95. The van der Waals surface area contributed by atoms with E-state index in [9.17, 15) is 4.79 Å². The topological polar surface area (TPSA) is 68.8 Å². The van der Waals surface area contributed by atoms with Gasteiger partial charge in [0, 0.05) is 19.8 Å². The highest BCUT2D eigenvalue weighted by molar-refractivity contribution is 5.74. The Bertz CT molecular complexity index is 560. The standard InChI is InChI=1S/C18H26N2O4/c1-22-15-5-3-4-12(10-15)13-8-14(9-13)19-18(21)20-16-11-24-7-6-17(16)23-2/h3-5,10,13-14,16-17H,6-9,11H2,1-2H3,(H2,19,20,21)/t13?,14?,16-,17-/m1/s1. The normalized spacial score (nSPS) is 29.4. The Morgan fingerprint density at radius 1 is 1.25 bits per heavy atom. The first-order valence-corrected chi connectivity index (χ1v) is 8.51. The molecule has 2 aliphatic rings. The van der Waals surface area contributed by atoms with Gasteiger partial charge in [0.2, 0.25) is 0 Å². The summed E-state index contributed by atoms with van der Waals surface area (Å²) in [6, 6.07) is 8.14. The van der Waals surface area contributed by atoms with Gasteiger partial charge >= 0.3 is 6.03 Å². The molecule has 0 spiro atoms. The van der Waals surface area contributed by atoms with Crippen LogP contribution in [0.15, 0.2) is 24.3 Å². The number of benzene rings is 1. The van der Waals surface area contributed by atoms with Gasteiger partial charge in [-0.1, -0.05) is 12.1 Å². The molecule has 1 heterocycles. The molecule has 1 aliphatic heterocycles. The molecule has 0 aromatic heterocycles. The van der Waals surface area contributed by atoms with Crippen molar-refractivity contribution in [2.75, 3.05) is 27.4 Å². The summed E-state index contributed by atoms with van der Waals surface area (Å²) in [5.74, 6) is 1.36. The van der Waals surface area contributed by atoms with Crippen molar-refractivity contribution in [2.24, 2.45) is 0 Å². The molecule has 0 unspecified atom stereocenters. The van der Waals surface area contributed by atoms with Crippen LogP contribution in [0.5, 0.6) is 5.75 Å². The predicted octanol–water partition coefficient (Wildman–Crippen LogP) is 2.04. The van der Waals surface area contributed by atoms with Gasteiger partial charge in [0.1, 0.15) is 5.75 Å². The molecule has 0 bridgehead atoms. The molecule has 1 aromatic carbocycles. The van der Waals surface area contributed by atoms with Gasteiger partial charge in [-0.05, 0) is 42.9 Å². The van der Waals surface area contributed by atoms with Crippen LogP contribution in [0.25, 0.3) is 0 Å². The van der Waals surface area contributed by atoms with E-state index in [1.165, 1.54) is 5.56 Å². The van der Waals surface area contributed by atoms with Gasteiger partial charge in [0.05, 0.1) is 25.9 Å². The van der Waals surface area contributed by atoms with Crippen LogP contribution in [0.4, 0.5) is 4.79 Å². The van der Waals surface area contributed by atoms with Gasteiger partial charge in [-0.25, -0.2) is 4.79 Å². The average Bonchev–Trinajstić information content (AvgIpc) is 2.58. The predicted molar refractivity (Wildman–Crippen MR) is 90.4 cm³/mol. The molecular formula is C18H26N2O4. The highest BCUT2D eigenvalue weighted by Crippen LogP contribution is 2.37. The van der Waals surface area contributed by atoms with E-state index in [1.807, 2.05) is 12.1 Å². The van der Waals surface area contributed by atoms with Gasteiger partial charge in [-0.15, -0.1) is 0 Å². The van der Waals surface area contributed by atoms with Gasteiger partial charge in [0.15, 0.2) is 0 Å². The molecule has 6 nitrogen and oxygen atoms in total. The first kappa shape index (κ1) is 17.0. The number of hydrogen-bond donors (Lipinski definition) is 2. The van der Waals surface area contributed by atoms with Gasteiger partial charge in [0.25, 0.3) is 0 Å². The molecule has 2 fully saturated rings. The van der Waals surface area contributed by atoms with E-state index in [2.05, 4.69) is 22.8 Å². The van der Waals surface area contributed by atoms with Crippen molar-refractivity contribution in [3.63, 3.8) is 0 Å². The minimum Gasteiger partial charge on any atom is -0.497 e. The maximum atomic E-state index is 12.2. The van der Waals surface area contributed by atoms with E-state index in [1.54, 1.807) is 14.2 Å². The van der Waals surface area contributed by atoms with Crippen LogP contribution in [-0.4, -0.2) is 51.7 Å². The minimum atomic E-state index is -0.137. The summed E-state index contributed by atoms with van der Waals surface area (Å²) in [4.78, 5) is 12.2. The second-order valence-electron chi connectivity index (χ2n) is 6.50. The van der Waals surface area contributed by atoms with E-state index >= 15 is 0 Å². The zero-order valence-corrected chi connectivity index (χ0v) is 14.3. The lowest BCUT2D eigenvalue weighted by Crippen LogP contribution is -2.55. The molecule has 2 atom stereocenters. The van der Waals surface area contributed by atoms with Crippen LogP contribution in [0, 0.1) is 0 Å². The third-order valence-corrected chi connectivity index (χ3v) is 4.95. The number of carbonyl (C=O) groups excluding carboxylic acids is 1. The minimum absolute atomic E-state index is 0.0235. The Morgan fingerprint density at radius 2 is 2.08 bits per heavy atom.